The second-order valence-electron chi connectivity index (χ2n) is 8.19. The van der Waals surface area contributed by atoms with Crippen LogP contribution in [0.2, 0.25) is 0 Å². The fourth-order valence-electron chi connectivity index (χ4n) is 4.00. The number of hydrogen-bond donors (Lipinski definition) is 1. The number of benzene rings is 2. The van der Waals surface area contributed by atoms with Crippen LogP contribution in [0.3, 0.4) is 0 Å². The number of nitrogens with one attached hydrogen (secondary N) is 1. The Morgan fingerprint density at radius 2 is 1.94 bits per heavy atom. The van der Waals surface area contributed by atoms with Crippen molar-refractivity contribution in [3.8, 4) is 11.3 Å². The summed E-state index contributed by atoms with van der Waals surface area (Å²) >= 11 is 0. The zero-order valence-corrected chi connectivity index (χ0v) is 19.4. The maximum Gasteiger partial charge on any atom is 0.277 e. The Balaban J connectivity index is 1.46. The number of sulfonamides is 1. The van der Waals surface area contributed by atoms with Crippen LogP contribution in [0.15, 0.2) is 57.9 Å². The zero-order valence-electron chi connectivity index (χ0n) is 18.5. The summed E-state index contributed by atoms with van der Waals surface area (Å²) in [5.41, 5.74) is 1.44. The van der Waals surface area contributed by atoms with Crippen LogP contribution in [0.5, 0.6) is 0 Å². The first kappa shape index (κ1) is 23.1. The first-order valence-corrected chi connectivity index (χ1v) is 12.4. The molecule has 1 saturated heterocycles. The highest BCUT2D eigenvalue weighted by Gasteiger charge is 2.32. The van der Waals surface area contributed by atoms with Gasteiger partial charge in [0.05, 0.1) is 4.90 Å². The van der Waals surface area contributed by atoms with Crippen LogP contribution >= 0.6 is 0 Å². The Bertz CT molecular complexity index is 1250. The minimum absolute atomic E-state index is 0.0199. The van der Waals surface area contributed by atoms with Gasteiger partial charge in [-0.05, 0) is 62.1 Å². The van der Waals surface area contributed by atoms with Crippen molar-refractivity contribution >= 4 is 21.6 Å². The lowest BCUT2D eigenvalue weighted by molar-refractivity contribution is 0.101. The van der Waals surface area contributed by atoms with Crippen molar-refractivity contribution in [1.82, 2.24) is 9.46 Å². The summed E-state index contributed by atoms with van der Waals surface area (Å²) in [7, 11) is -3.59. The van der Waals surface area contributed by atoms with Gasteiger partial charge in [0.25, 0.3) is 5.91 Å². The number of aryl methyl sites for hydroxylation is 1. The van der Waals surface area contributed by atoms with E-state index in [0.717, 1.165) is 25.7 Å². The molecule has 174 valence electrons. The smallest absolute Gasteiger partial charge is 0.277 e. The molecule has 1 atom stereocenters. The highest BCUT2D eigenvalue weighted by atomic mass is 32.2. The molecule has 0 aliphatic carbocycles. The lowest BCUT2D eigenvalue weighted by Gasteiger charge is -2.34. The van der Waals surface area contributed by atoms with Crippen molar-refractivity contribution in [3.63, 3.8) is 0 Å². The number of hydrogen-bond acceptors (Lipinski definition) is 5. The monoisotopic (exact) mass is 471 g/mol. The molecule has 0 spiro atoms. The SMILES string of the molecule is CC[C@H]1CCCCN1S(=O)(=O)c1ccc(NC(=O)c2cc(-c3ccc(C)c(F)c3)on2)cc1. The van der Waals surface area contributed by atoms with Crippen LogP contribution in [0.1, 0.15) is 48.7 Å². The Kier molecular flexibility index (Phi) is 6.62. The van der Waals surface area contributed by atoms with Gasteiger partial charge in [0.1, 0.15) is 5.82 Å². The average Bonchev–Trinajstić information content (AvgIpc) is 3.32. The lowest BCUT2D eigenvalue weighted by atomic mass is 10.0. The normalized spacial score (nSPS) is 17.1. The molecule has 0 saturated carbocycles. The second kappa shape index (κ2) is 9.44. The molecule has 1 aliphatic rings. The highest BCUT2D eigenvalue weighted by molar-refractivity contribution is 7.89. The minimum atomic E-state index is -3.59. The second-order valence-corrected chi connectivity index (χ2v) is 10.1. The van der Waals surface area contributed by atoms with Crippen molar-refractivity contribution in [2.75, 3.05) is 11.9 Å². The molecule has 1 aromatic heterocycles. The highest BCUT2D eigenvalue weighted by Crippen LogP contribution is 2.28. The van der Waals surface area contributed by atoms with E-state index in [4.69, 9.17) is 4.52 Å². The summed E-state index contributed by atoms with van der Waals surface area (Å²) < 4.78 is 46.8. The van der Waals surface area contributed by atoms with E-state index in [-0.39, 0.29) is 28.2 Å². The fourth-order valence-corrected chi connectivity index (χ4v) is 5.77. The van der Waals surface area contributed by atoms with Crippen molar-refractivity contribution in [1.29, 1.82) is 0 Å². The van der Waals surface area contributed by atoms with Gasteiger partial charge in [-0.3, -0.25) is 4.79 Å². The van der Waals surface area contributed by atoms with E-state index in [1.807, 2.05) is 6.92 Å². The van der Waals surface area contributed by atoms with Crippen LogP contribution in [0.25, 0.3) is 11.3 Å². The maximum atomic E-state index is 13.8. The van der Waals surface area contributed by atoms with E-state index in [1.54, 1.807) is 35.5 Å². The number of piperidine rings is 1. The third-order valence-electron chi connectivity index (χ3n) is 5.96. The van der Waals surface area contributed by atoms with Gasteiger partial charge < -0.3 is 9.84 Å². The number of aromatic nitrogens is 1. The minimum Gasteiger partial charge on any atom is -0.355 e. The topological polar surface area (TPSA) is 92.5 Å². The number of carbonyl (C=O) groups is 1. The maximum absolute atomic E-state index is 13.8. The molecule has 3 aromatic rings. The van der Waals surface area contributed by atoms with Gasteiger partial charge >= 0.3 is 0 Å². The molecular formula is C24H26FN3O4S. The molecule has 9 heteroatoms. The molecule has 7 nitrogen and oxygen atoms in total. The molecule has 0 bridgehead atoms. The molecule has 2 aromatic carbocycles. The molecule has 0 radical (unpaired) electrons. The van der Waals surface area contributed by atoms with E-state index in [0.29, 0.717) is 23.4 Å². The zero-order chi connectivity index (χ0) is 23.6. The Morgan fingerprint density at radius 1 is 1.18 bits per heavy atom. The summed E-state index contributed by atoms with van der Waals surface area (Å²) in [6, 6.07) is 12.2. The number of carbonyl (C=O) groups excluding carboxylic acids is 1. The van der Waals surface area contributed by atoms with Gasteiger partial charge in [-0.1, -0.05) is 30.6 Å². The molecule has 1 aliphatic heterocycles. The lowest BCUT2D eigenvalue weighted by Crippen LogP contribution is -2.43. The number of halogens is 1. The van der Waals surface area contributed by atoms with E-state index < -0.39 is 15.9 Å². The molecule has 1 fully saturated rings. The fraction of sp³-hybridized carbons (Fsp3) is 0.333. The van der Waals surface area contributed by atoms with E-state index in [2.05, 4.69) is 10.5 Å². The number of rotatable bonds is 6. The largest absolute Gasteiger partial charge is 0.355 e. The predicted octanol–water partition coefficient (Wildman–Crippen LogP) is 4.99. The number of anilines is 1. The third kappa shape index (κ3) is 4.84. The Morgan fingerprint density at radius 3 is 2.64 bits per heavy atom. The van der Waals surface area contributed by atoms with Gasteiger partial charge in [-0.25, -0.2) is 12.8 Å². The molecule has 0 unspecified atom stereocenters. The Hall–Kier alpha value is -3.04. The summed E-state index contributed by atoms with van der Waals surface area (Å²) in [6.45, 7) is 4.18. The van der Waals surface area contributed by atoms with Crippen molar-refractivity contribution < 1.29 is 22.1 Å². The van der Waals surface area contributed by atoms with E-state index in [9.17, 15) is 17.6 Å². The van der Waals surface area contributed by atoms with Crippen molar-refractivity contribution in [2.24, 2.45) is 0 Å². The standard InChI is InChI=1S/C24H26FN3O4S/c1-3-19-6-4-5-13-28(19)33(30,31)20-11-9-18(10-12-20)26-24(29)22-15-23(32-27-22)17-8-7-16(2)21(25)14-17/h7-12,14-15,19H,3-6,13H2,1-2H3,(H,26,29)/t19-/m0/s1. The van der Waals surface area contributed by atoms with Crippen molar-refractivity contribution in [2.45, 2.75) is 50.5 Å². The van der Waals surface area contributed by atoms with Crippen LogP contribution in [-0.4, -0.2) is 36.4 Å². The molecule has 1 N–H and O–H groups in total. The predicted molar refractivity (Wildman–Crippen MR) is 123 cm³/mol. The van der Waals surface area contributed by atoms with Crippen LogP contribution in [0, 0.1) is 12.7 Å². The van der Waals surface area contributed by atoms with Crippen LogP contribution < -0.4 is 5.32 Å². The first-order chi connectivity index (χ1) is 15.8. The molecular weight excluding hydrogens is 445 g/mol. The summed E-state index contributed by atoms with van der Waals surface area (Å²) in [4.78, 5) is 12.8. The van der Waals surface area contributed by atoms with Crippen LogP contribution in [-0.2, 0) is 10.0 Å². The van der Waals surface area contributed by atoms with Gasteiger partial charge in [-0.2, -0.15) is 4.31 Å². The van der Waals surface area contributed by atoms with E-state index >= 15 is 0 Å². The first-order valence-electron chi connectivity index (χ1n) is 11.0. The molecule has 4 rings (SSSR count). The molecule has 33 heavy (non-hydrogen) atoms. The van der Waals surface area contributed by atoms with Gasteiger partial charge in [0.2, 0.25) is 10.0 Å². The summed E-state index contributed by atoms with van der Waals surface area (Å²) in [6.07, 6.45) is 3.55. The third-order valence-corrected chi connectivity index (χ3v) is 7.93. The van der Waals surface area contributed by atoms with E-state index in [1.165, 1.54) is 24.3 Å². The number of nitrogens with zero attached hydrogens (tertiary/aromatic N) is 2. The number of amides is 1. The van der Waals surface area contributed by atoms with Gasteiger partial charge in [0, 0.05) is 29.9 Å². The van der Waals surface area contributed by atoms with Crippen LogP contribution in [0.4, 0.5) is 10.1 Å². The van der Waals surface area contributed by atoms with Gasteiger partial charge in [0.15, 0.2) is 11.5 Å². The quantitative estimate of drug-likeness (QED) is 0.546. The summed E-state index contributed by atoms with van der Waals surface area (Å²) in [5, 5.41) is 6.44. The molecule has 1 amide bonds. The van der Waals surface area contributed by atoms with Gasteiger partial charge in [-0.15, -0.1) is 0 Å². The summed E-state index contributed by atoms with van der Waals surface area (Å²) in [5.74, 6) is -0.623. The van der Waals surface area contributed by atoms with Crippen molar-refractivity contribution in [3.05, 3.63) is 65.6 Å². The Labute approximate surface area is 192 Å². The molecule has 2 heterocycles. The average molecular weight is 472 g/mol.